The third-order valence-electron chi connectivity index (χ3n) is 5.50. The number of sulfone groups is 1. The molecule has 11 heteroatoms. The molecule has 1 aliphatic rings. The average Bonchev–Trinajstić information content (AvgIpc) is 3.23. The zero-order valence-corrected chi connectivity index (χ0v) is 19.5. The molecule has 1 unspecified atom stereocenters. The van der Waals surface area contributed by atoms with Gasteiger partial charge >= 0.3 is 0 Å². The van der Waals surface area contributed by atoms with Gasteiger partial charge in [-0.05, 0) is 38.0 Å². The fourth-order valence-corrected chi connectivity index (χ4v) is 5.85. The molecule has 7 nitrogen and oxygen atoms in total. The lowest BCUT2D eigenvalue weighted by atomic mass is 10.1. The van der Waals surface area contributed by atoms with Crippen LogP contribution < -0.4 is 10.5 Å². The second-order valence-electron chi connectivity index (χ2n) is 7.72. The summed E-state index contributed by atoms with van der Waals surface area (Å²) in [4.78, 5) is 4.20. The van der Waals surface area contributed by atoms with Gasteiger partial charge in [-0.25, -0.2) is 17.8 Å². The van der Waals surface area contributed by atoms with Crippen molar-refractivity contribution < 1.29 is 17.5 Å². The van der Waals surface area contributed by atoms with Gasteiger partial charge in [0.25, 0.3) is 0 Å². The fourth-order valence-electron chi connectivity index (χ4n) is 3.70. The van der Waals surface area contributed by atoms with Crippen LogP contribution in [-0.4, -0.2) is 34.7 Å². The molecule has 0 saturated carbocycles. The number of halogens is 3. The van der Waals surface area contributed by atoms with Crippen LogP contribution in [0.3, 0.4) is 0 Å². The van der Waals surface area contributed by atoms with Gasteiger partial charge in [0, 0.05) is 34.1 Å². The highest BCUT2D eigenvalue weighted by molar-refractivity contribution is 7.91. The standard InChI is InChI=1S/C21H21Cl2FN4O3S/c1-12(19-16(22)2-3-17(24)20(19)23)31-18-8-13(9-26-21(18)25)14-10-27-28(11-14)15-4-6-32(29,30)7-5-15/h2-3,8-12,15H,4-7H2,1H3,(H2,25,26). The van der Waals surface area contributed by atoms with Crippen LogP contribution in [0.15, 0.2) is 36.8 Å². The lowest BCUT2D eigenvalue weighted by molar-refractivity contribution is 0.227. The Hall–Kier alpha value is -2.36. The fraction of sp³-hybridized carbons (Fsp3) is 0.333. The molecule has 0 spiro atoms. The van der Waals surface area contributed by atoms with Crippen molar-refractivity contribution in [3.05, 3.63) is 58.2 Å². The first-order valence-electron chi connectivity index (χ1n) is 9.95. The number of rotatable bonds is 5. The van der Waals surface area contributed by atoms with Crippen LogP contribution in [0, 0.1) is 5.82 Å². The van der Waals surface area contributed by atoms with E-state index < -0.39 is 21.8 Å². The molecule has 0 aliphatic carbocycles. The summed E-state index contributed by atoms with van der Waals surface area (Å²) in [5.41, 5.74) is 7.81. The molecular weight excluding hydrogens is 478 g/mol. The number of nitrogens with two attached hydrogens (primary N) is 1. The van der Waals surface area contributed by atoms with Gasteiger partial charge < -0.3 is 10.5 Å². The summed E-state index contributed by atoms with van der Waals surface area (Å²) in [6, 6.07) is 4.35. The van der Waals surface area contributed by atoms with Crippen molar-refractivity contribution in [1.82, 2.24) is 14.8 Å². The predicted molar refractivity (Wildman–Crippen MR) is 122 cm³/mol. The first-order chi connectivity index (χ1) is 15.1. The molecule has 1 aromatic carbocycles. The molecule has 3 heterocycles. The summed E-state index contributed by atoms with van der Waals surface area (Å²) in [5, 5.41) is 4.58. The lowest BCUT2D eigenvalue weighted by Crippen LogP contribution is -2.25. The first kappa shape index (κ1) is 22.8. The molecule has 0 amide bonds. The van der Waals surface area contributed by atoms with Gasteiger partial charge in [-0.1, -0.05) is 23.2 Å². The summed E-state index contributed by atoms with van der Waals surface area (Å²) < 4.78 is 45.0. The predicted octanol–water partition coefficient (Wildman–Crippen LogP) is 4.86. The first-order valence-corrected chi connectivity index (χ1v) is 12.5. The second-order valence-corrected chi connectivity index (χ2v) is 10.8. The van der Waals surface area contributed by atoms with Crippen LogP contribution >= 0.6 is 23.2 Å². The zero-order chi connectivity index (χ0) is 23.0. The van der Waals surface area contributed by atoms with E-state index in [1.54, 1.807) is 30.1 Å². The minimum atomic E-state index is -2.95. The van der Waals surface area contributed by atoms with E-state index in [1.807, 2.05) is 6.20 Å². The molecule has 170 valence electrons. The Balaban J connectivity index is 1.56. The topological polar surface area (TPSA) is 100 Å². The zero-order valence-electron chi connectivity index (χ0n) is 17.1. The number of nitrogens with zero attached hydrogens (tertiary/aromatic N) is 3. The van der Waals surface area contributed by atoms with Gasteiger partial charge in [0.2, 0.25) is 0 Å². The SMILES string of the molecule is CC(Oc1cc(-c2cnn(C3CCS(=O)(=O)CC3)c2)cnc1N)c1c(Cl)ccc(F)c1Cl. The van der Waals surface area contributed by atoms with Gasteiger partial charge in [-0.15, -0.1) is 0 Å². The van der Waals surface area contributed by atoms with E-state index in [2.05, 4.69) is 10.1 Å². The molecule has 2 N–H and O–H groups in total. The Morgan fingerprint density at radius 1 is 1.22 bits per heavy atom. The third-order valence-corrected chi connectivity index (χ3v) is 7.93. The van der Waals surface area contributed by atoms with Crippen molar-refractivity contribution in [3.8, 4) is 16.9 Å². The highest BCUT2D eigenvalue weighted by atomic mass is 35.5. The maximum absolute atomic E-state index is 13.9. The van der Waals surface area contributed by atoms with Crippen LogP contribution in [0.2, 0.25) is 10.0 Å². The molecule has 1 aliphatic heterocycles. The Labute approximate surface area is 195 Å². The molecule has 1 saturated heterocycles. The van der Waals surface area contributed by atoms with Crippen molar-refractivity contribution in [1.29, 1.82) is 0 Å². The summed E-state index contributed by atoms with van der Waals surface area (Å²) in [5.74, 6) is 0.190. The highest BCUT2D eigenvalue weighted by Gasteiger charge is 2.25. The van der Waals surface area contributed by atoms with Gasteiger partial charge in [-0.2, -0.15) is 5.10 Å². The summed E-state index contributed by atoms with van der Waals surface area (Å²) in [6.45, 7) is 1.69. The van der Waals surface area contributed by atoms with E-state index in [1.165, 1.54) is 12.1 Å². The van der Waals surface area contributed by atoms with Crippen molar-refractivity contribution in [2.75, 3.05) is 17.2 Å². The van der Waals surface area contributed by atoms with Gasteiger partial charge in [0.1, 0.15) is 21.8 Å². The van der Waals surface area contributed by atoms with E-state index in [4.69, 9.17) is 33.7 Å². The van der Waals surface area contributed by atoms with E-state index in [-0.39, 0.29) is 33.4 Å². The maximum atomic E-state index is 13.9. The third kappa shape index (κ3) is 4.69. The summed E-state index contributed by atoms with van der Waals surface area (Å²) in [7, 11) is -2.95. The number of ether oxygens (including phenoxy) is 1. The minimum absolute atomic E-state index is 0.0296. The number of hydrogen-bond donors (Lipinski definition) is 1. The Kier molecular flexibility index (Phi) is 6.33. The van der Waals surface area contributed by atoms with Crippen molar-refractivity contribution in [3.63, 3.8) is 0 Å². The van der Waals surface area contributed by atoms with Crippen LogP contribution in [0.25, 0.3) is 11.1 Å². The molecule has 32 heavy (non-hydrogen) atoms. The molecule has 3 aromatic rings. The Morgan fingerprint density at radius 2 is 1.94 bits per heavy atom. The monoisotopic (exact) mass is 498 g/mol. The molecule has 0 radical (unpaired) electrons. The summed E-state index contributed by atoms with van der Waals surface area (Å²) >= 11 is 12.3. The number of hydrogen-bond acceptors (Lipinski definition) is 6. The Morgan fingerprint density at radius 3 is 2.66 bits per heavy atom. The average molecular weight is 499 g/mol. The van der Waals surface area contributed by atoms with Crippen molar-refractivity contribution in [2.45, 2.75) is 31.9 Å². The molecule has 0 bridgehead atoms. The van der Waals surface area contributed by atoms with E-state index in [0.29, 0.717) is 29.7 Å². The number of anilines is 1. The smallest absolute Gasteiger partial charge is 0.166 e. The van der Waals surface area contributed by atoms with Crippen LogP contribution in [0.4, 0.5) is 10.2 Å². The molecular formula is C21H21Cl2FN4O3S. The number of aromatic nitrogens is 3. The lowest BCUT2D eigenvalue weighted by Gasteiger charge is -2.22. The van der Waals surface area contributed by atoms with Crippen LogP contribution in [0.5, 0.6) is 5.75 Å². The quantitative estimate of drug-likeness (QED) is 0.504. The van der Waals surface area contributed by atoms with Gasteiger partial charge in [0.05, 0.1) is 28.8 Å². The number of pyridine rings is 1. The minimum Gasteiger partial charge on any atom is -0.482 e. The number of nitrogen functional groups attached to an aromatic ring is 1. The van der Waals surface area contributed by atoms with Crippen LogP contribution in [-0.2, 0) is 9.84 Å². The van der Waals surface area contributed by atoms with E-state index >= 15 is 0 Å². The highest BCUT2D eigenvalue weighted by Crippen LogP contribution is 2.37. The number of benzene rings is 1. The molecule has 4 rings (SSSR count). The van der Waals surface area contributed by atoms with Crippen molar-refractivity contribution in [2.24, 2.45) is 0 Å². The molecule has 1 fully saturated rings. The van der Waals surface area contributed by atoms with Crippen LogP contribution in [0.1, 0.15) is 37.5 Å². The van der Waals surface area contributed by atoms with E-state index in [9.17, 15) is 12.8 Å². The molecule has 1 atom stereocenters. The maximum Gasteiger partial charge on any atom is 0.166 e. The van der Waals surface area contributed by atoms with E-state index in [0.717, 1.165) is 5.56 Å². The summed E-state index contributed by atoms with van der Waals surface area (Å²) in [6.07, 6.45) is 5.51. The second kappa shape index (κ2) is 8.88. The van der Waals surface area contributed by atoms with Crippen molar-refractivity contribution >= 4 is 38.9 Å². The van der Waals surface area contributed by atoms with Gasteiger partial charge in [0.15, 0.2) is 11.6 Å². The normalized spacial score (nSPS) is 17.2. The largest absolute Gasteiger partial charge is 0.482 e. The molecule has 2 aromatic heterocycles. The van der Waals surface area contributed by atoms with Gasteiger partial charge in [-0.3, -0.25) is 4.68 Å². The Bertz CT molecular complexity index is 1250.